The third kappa shape index (κ3) is 3.19. The summed E-state index contributed by atoms with van der Waals surface area (Å²) in [6.45, 7) is 8.46. The van der Waals surface area contributed by atoms with Gasteiger partial charge in [-0.1, -0.05) is 0 Å². The molecule has 2 aliphatic heterocycles. The Bertz CT molecular complexity index is 231. The number of hydrogen-bond acceptors (Lipinski definition) is 4. The molecule has 4 nitrogen and oxygen atoms in total. The molecule has 2 atom stereocenters. The van der Waals surface area contributed by atoms with Crippen molar-refractivity contribution in [1.82, 2.24) is 9.80 Å². The SMILES string of the molecule is CC1CN(C)CCN1C(CN)C1CCOCC1. The first-order valence-corrected chi connectivity index (χ1v) is 6.94. The fourth-order valence-corrected chi connectivity index (χ4v) is 3.35. The van der Waals surface area contributed by atoms with Gasteiger partial charge in [0.1, 0.15) is 0 Å². The van der Waals surface area contributed by atoms with Crippen molar-refractivity contribution >= 4 is 0 Å². The predicted octanol–water partition coefficient (Wildman–Crippen LogP) is 0.376. The predicted molar refractivity (Wildman–Crippen MR) is 70.1 cm³/mol. The molecule has 0 saturated carbocycles. The average molecular weight is 241 g/mol. The zero-order chi connectivity index (χ0) is 12.3. The highest BCUT2D eigenvalue weighted by Gasteiger charge is 2.32. The summed E-state index contributed by atoms with van der Waals surface area (Å²) < 4.78 is 5.46. The third-order valence-electron chi connectivity index (χ3n) is 4.36. The Morgan fingerprint density at radius 3 is 2.59 bits per heavy atom. The van der Waals surface area contributed by atoms with E-state index in [9.17, 15) is 0 Å². The zero-order valence-electron chi connectivity index (χ0n) is 11.3. The summed E-state index contributed by atoms with van der Waals surface area (Å²) in [5.41, 5.74) is 6.04. The molecule has 4 heteroatoms. The van der Waals surface area contributed by atoms with Gasteiger partial charge in [0.25, 0.3) is 0 Å². The van der Waals surface area contributed by atoms with Gasteiger partial charge in [-0.25, -0.2) is 0 Å². The smallest absolute Gasteiger partial charge is 0.0469 e. The van der Waals surface area contributed by atoms with Gasteiger partial charge in [0.05, 0.1) is 0 Å². The van der Waals surface area contributed by atoms with Gasteiger partial charge in [-0.15, -0.1) is 0 Å². The van der Waals surface area contributed by atoms with Crippen LogP contribution in [0.1, 0.15) is 19.8 Å². The number of hydrogen-bond donors (Lipinski definition) is 1. The summed E-state index contributed by atoms with van der Waals surface area (Å²) in [4.78, 5) is 5.05. The molecule has 100 valence electrons. The molecule has 0 amide bonds. The number of ether oxygens (including phenoxy) is 1. The second kappa shape index (κ2) is 6.14. The van der Waals surface area contributed by atoms with E-state index in [1.54, 1.807) is 0 Å². The Morgan fingerprint density at radius 2 is 2.00 bits per heavy atom. The van der Waals surface area contributed by atoms with Crippen molar-refractivity contribution in [2.24, 2.45) is 11.7 Å². The van der Waals surface area contributed by atoms with Gasteiger partial charge in [-0.2, -0.15) is 0 Å². The van der Waals surface area contributed by atoms with Crippen LogP contribution < -0.4 is 5.73 Å². The molecule has 17 heavy (non-hydrogen) atoms. The molecule has 2 fully saturated rings. The third-order valence-corrected chi connectivity index (χ3v) is 4.36. The molecule has 0 radical (unpaired) electrons. The highest BCUT2D eigenvalue weighted by molar-refractivity contribution is 4.88. The Balaban J connectivity index is 1.96. The van der Waals surface area contributed by atoms with Crippen LogP contribution in [0.25, 0.3) is 0 Å². The van der Waals surface area contributed by atoms with Crippen molar-refractivity contribution in [2.45, 2.75) is 31.8 Å². The molecule has 2 rings (SSSR count). The van der Waals surface area contributed by atoms with E-state index < -0.39 is 0 Å². The maximum atomic E-state index is 6.04. The zero-order valence-corrected chi connectivity index (χ0v) is 11.3. The highest BCUT2D eigenvalue weighted by Crippen LogP contribution is 2.25. The van der Waals surface area contributed by atoms with Crippen LogP contribution in [0.15, 0.2) is 0 Å². The van der Waals surface area contributed by atoms with Gasteiger partial charge in [0, 0.05) is 51.5 Å². The van der Waals surface area contributed by atoms with Crippen molar-refractivity contribution in [2.75, 3.05) is 46.4 Å². The van der Waals surface area contributed by atoms with Gasteiger partial charge in [0.2, 0.25) is 0 Å². The van der Waals surface area contributed by atoms with Crippen LogP contribution in [0, 0.1) is 5.92 Å². The van der Waals surface area contributed by atoms with Gasteiger partial charge in [-0.3, -0.25) is 4.90 Å². The van der Waals surface area contributed by atoms with Crippen molar-refractivity contribution in [1.29, 1.82) is 0 Å². The van der Waals surface area contributed by atoms with Gasteiger partial charge in [0.15, 0.2) is 0 Å². The summed E-state index contributed by atoms with van der Waals surface area (Å²) in [6, 6.07) is 1.19. The van der Waals surface area contributed by atoms with E-state index >= 15 is 0 Å². The summed E-state index contributed by atoms with van der Waals surface area (Å²) in [7, 11) is 2.21. The van der Waals surface area contributed by atoms with E-state index in [-0.39, 0.29) is 0 Å². The summed E-state index contributed by atoms with van der Waals surface area (Å²) in [5.74, 6) is 0.736. The van der Waals surface area contributed by atoms with E-state index in [2.05, 4.69) is 23.8 Å². The minimum Gasteiger partial charge on any atom is -0.381 e. The lowest BCUT2D eigenvalue weighted by Gasteiger charge is -2.46. The number of piperazine rings is 1. The molecule has 2 aliphatic rings. The molecule has 0 aromatic carbocycles. The van der Waals surface area contributed by atoms with Crippen LogP contribution in [0.4, 0.5) is 0 Å². The fraction of sp³-hybridized carbons (Fsp3) is 1.00. The molecule has 0 aromatic rings. The molecule has 0 spiro atoms. The summed E-state index contributed by atoms with van der Waals surface area (Å²) in [6.07, 6.45) is 2.36. The Hall–Kier alpha value is -0.160. The van der Waals surface area contributed by atoms with Crippen molar-refractivity contribution in [3.63, 3.8) is 0 Å². The maximum absolute atomic E-state index is 6.04. The molecule has 2 unspecified atom stereocenters. The van der Waals surface area contributed by atoms with Gasteiger partial charge in [-0.05, 0) is 32.7 Å². The van der Waals surface area contributed by atoms with Crippen molar-refractivity contribution in [3.05, 3.63) is 0 Å². The van der Waals surface area contributed by atoms with Crippen LogP contribution >= 0.6 is 0 Å². The van der Waals surface area contributed by atoms with Crippen LogP contribution in [0.3, 0.4) is 0 Å². The van der Waals surface area contributed by atoms with Crippen molar-refractivity contribution in [3.8, 4) is 0 Å². The van der Waals surface area contributed by atoms with Crippen molar-refractivity contribution < 1.29 is 4.74 Å². The fourth-order valence-electron chi connectivity index (χ4n) is 3.35. The van der Waals surface area contributed by atoms with E-state index in [4.69, 9.17) is 10.5 Å². The molecule has 0 aliphatic carbocycles. The molecular weight excluding hydrogens is 214 g/mol. The maximum Gasteiger partial charge on any atom is 0.0469 e. The molecular formula is C13H27N3O. The molecule has 2 heterocycles. The Morgan fingerprint density at radius 1 is 1.29 bits per heavy atom. The number of rotatable bonds is 3. The van der Waals surface area contributed by atoms with Crippen LogP contribution in [0.2, 0.25) is 0 Å². The monoisotopic (exact) mass is 241 g/mol. The van der Waals surface area contributed by atoms with Crippen LogP contribution in [-0.4, -0.2) is 68.3 Å². The lowest BCUT2D eigenvalue weighted by atomic mass is 9.89. The average Bonchev–Trinajstić information content (AvgIpc) is 2.34. The second-order valence-electron chi connectivity index (χ2n) is 5.60. The van der Waals surface area contributed by atoms with Crippen LogP contribution in [0.5, 0.6) is 0 Å². The summed E-state index contributed by atoms with van der Waals surface area (Å²) >= 11 is 0. The van der Waals surface area contributed by atoms with E-state index in [1.807, 2.05) is 0 Å². The quantitative estimate of drug-likeness (QED) is 0.775. The minimum atomic E-state index is 0.558. The first kappa shape index (κ1) is 13.3. The lowest BCUT2D eigenvalue weighted by Crippen LogP contribution is -2.58. The lowest BCUT2D eigenvalue weighted by molar-refractivity contribution is -0.00457. The Kier molecular flexibility index (Phi) is 4.79. The topological polar surface area (TPSA) is 41.7 Å². The Labute approximate surface area is 105 Å². The summed E-state index contributed by atoms with van der Waals surface area (Å²) in [5, 5.41) is 0. The highest BCUT2D eigenvalue weighted by atomic mass is 16.5. The standard InChI is InChI=1S/C13H27N3O/c1-11-10-15(2)5-6-16(11)13(9-14)12-3-7-17-8-4-12/h11-13H,3-10,14H2,1-2H3. The van der Waals surface area contributed by atoms with E-state index in [0.717, 1.165) is 32.2 Å². The van der Waals surface area contributed by atoms with Gasteiger partial charge >= 0.3 is 0 Å². The molecule has 0 bridgehead atoms. The van der Waals surface area contributed by atoms with Gasteiger partial charge < -0.3 is 15.4 Å². The molecule has 0 aromatic heterocycles. The second-order valence-corrected chi connectivity index (χ2v) is 5.60. The number of likely N-dealkylation sites (N-methyl/N-ethyl adjacent to an activating group) is 1. The minimum absolute atomic E-state index is 0.558. The molecule has 2 N–H and O–H groups in total. The largest absolute Gasteiger partial charge is 0.381 e. The van der Waals surface area contributed by atoms with Crippen LogP contribution in [-0.2, 0) is 4.74 Å². The normalized spacial score (nSPS) is 31.6. The number of nitrogens with two attached hydrogens (primary N) is 1. The van der Waals surface area contributed by atoms with E-state index in [0.29, 0.717) is 12.1 Å². The number of nitrogens with zero attached hydrogens (tertiary/aromatic N) is 2. The molecule has 2 saturated heterocycles. The first-order valence-electron chi connectivity index (χ1n) is 6.94. The first-order chi connectivity index (χ1) is 8.22. The van der Waals surface area contributed by atoms with E-state index in [1.165, 1.54) is 25.9 Å².